The number of halogens is 2. The highest BCUT2D eigenvalue weighted by Crippen LogP contribution is 2.31. The van der Waals surface area contributed by atoms with Crippen LogP contribution in [0.1, 0.15) is 5.56 Å². The van der Waals surface area contributed by atoms with Gasteiger partial charge in [0.25, 0.3) is 0 Å². The molecule has 0 bridgehead atoms. The minimum atomic E-state index is 0.921. The van der Waals surface area contributed by atoms with Crippen LogP contribution in [0.5, 0.6) is 0 Å². The monoisotopic (exact) mass is 362 g/mol. The van der Waals surface area contributed by atoms with E-state index in [-0.39, 0.29) is 0 Å². The minimum Gasteiger partial charge on any atom is -0.464 e. The lowest BCUT2D eigenvalue weighted by atomic mass is 10.1. The molecule has 1 heterocycles. The van der Waals surface area contributed by atoms with Gasteiger partial charge in [0.1, 0.15) is 5.76 Å². The molecule has 0 radical (unpaired) electrons. The molecule has 14 heavy (non-hydrogen) atoms. The van der Waals surface area contributed by atoms with Gasteiger partial charge in [-0.15, -0.1) is 0 Å². The molecule has 1 aromatic carbocycles. The fourth-order valence-electron chi connectivity index (χ4n) is 1.28. The molecule has 0 saturated carbocycles. The fourth-order valence-corrected chi connectivity index (χ4v) is 2.72. The molecule has 0 saturated heterocycles. The molecule has 0 N–H and O–H groups in total. The van der Waals surface area contributed by atoms with Crippen LogP contribution >= 0.6 is 38.5 Å². The third-order valence-corrected chi connectivity index (χ3v) is 4.36. The van der Waals surface area contributed by atoms with Crippen molar-refractivity contribution >= 4 is 38.5 Å². The van der Waals surface area contributed by atoms with Crippen molar-refractivity contribution in [3.8, 4) is 11.3 Å². The molecular formula is C11H8BrIO. The lowest BCUT2D eigenvalue weighted by molar-refractivity contribution is 0.582. The van der Waals surface area contributed by atoms with Crippen molar-refractivity contribution in [2.24, 2.45) is 0 Å². The molecular weight excluding hydrogens is 355 g/mol. The molecule has 1 nitrogen and oxygen atoms in total. The smallest absolute Gasteiger partial charge is 0.134 e. The summed E-state index contributed by atoms with van der Waals surface area (Å²) in [6.45, 7) is 2.10. The molecule has 0 aliphatic carbocycles. The average molecular weight is 363 g/mol. The predicted octanol–water partition coefficient (Wildman–Crippen LogP) is 4.62. The Morgan fingerprint density at radius 2 is 2.07 bits per heavy atom. The first-order valence-electron chi connectivity index (χ1n) is 4.18. The second-order valence-corrected chi connectivity index (χ2v) is 4.94. The van der Waals surface area contributed by atoms with E-state index in [4.69, 9.17) is 4.42 Å². The molecule has 1 aromatic heterocycles. The molecule has 0 unspecified atom stereocenters. The topological polar surface area (TPSA) is 13.1 Å². The third kappa shape index (κ3) is 1.75. The van der Waals surface area contributed by atoms with Crippen LogP contribution in [0.15, 0.2) is 39.4 Å². The molecule has 0 aliphatic rings. The van der Waals surface area contributed by atoms with Gasteiger partial charge in [0.15, 0.2) is 0 Å². The minimum absolute atomic E-state index is 0.921. The predicted molar refractivity (Wildman–Crippen MR) is 69.3 cm³/mol. The van der Waals surface area contributed by atoms with E-state index in [2.05, 4.69) is 57.6 Å². The summed E-state index contributed by atoms with van der Waals surface area (Å²) in [5.74, 6) is 0.921. The first kappa shape index (κ1) is 10.2. The van der Waals surface area contributed by atoms with Gasteiger partial charge in [-0.1, -0.05) is 15.9 Å². The number of hydrogen-bond acceptors (Lipinski definition) is 1. The van der Waals surface area contributed by atoms with Crippen LogP contribution in [0, 0.1) is 10.5 Å². The summed E-state index contributed by atoms with van der Waals surface area (Å²) in [5, 5.41) is 0. The van der Waals surface area contributed by atoms with Gasteiger partial charge in [0.2, 0.25) is 0 Å². The first-order valence-corrected chi connectivity index (χ1v) is 6.06. The van der Waals surface area contributed by atoms with E-state index < -0.39 is 0 Å². The zero-order valence-corrected chi connectivity index (χ0v) is 11.3. The molecule has 0 amide bonds. The Balaban J connectivity index is 2.61. The number of furan rings is 1. The Bertz CT molecular complexity index is 449. The Morgan fingerprint density at radius 3 is 2.71 bits per heavy atom. The SMILES string of the molecule is Cc1c(Br)ccc(-c2ccco2)c1I. The summed E-state index contributed by atoms with van der Waals surface area (Å²) in [7, 11) is 0. The van der Waals surface area contributed by atoms with E-state index in [1.165, 1.54) is 9.13 Å². The maximum atomic E-state index is 5.38. The summed E-state index contributed by atoms with van der Waals surface area (Å²) in [6, 6.07) is 8.00. The molecule has 0 aliphatic heterocycles. The van der Waals surface area contributed by atoms with E-state index in [9.17, 15) is 0 Å². The fraction of sp³-hybridized carbons (Fsp3) is 0.0909. The molecule has 72 valence electrons. The summed E-state index contributed by atoms with van der Waals surface area (Å²) in [6.07, 6.45) is 1.70. The molecule has 0 spiro atoms. The Labute approximate surface area is 105 Å². The second-order valence-electron chi connectivity index (χ2n) is 3.01. The van der Waals surface area contributed by atoms with Gasteiger partial charge in [-0.05, 0) is 59.3 Å². The zero-order valence-electron chi connectivity index (χ0n) is 7.55. The van der Waals surface area contributed by atoms with Crippen LogP contribution in [0.2, 0.25) is 0 Å². The Kier molecular flexibility index (Phi) is 2.97. The summed E-state index contributed by atoms with van der Waals surface area (Å²) in [4.78, 5) is 0. The van der Waals surface area contributed by atoms with Gasteiger partial charge in [-0.2, -0.15) is 0 Å². The molecule has 0 fully saturated rings. The van der Waals surface area contributed by atoms with E-state index in [0.29, 0.717) is 0 Å². The van der Waals surface area contributed by atoms with Crippen molar-refractivity contribution in [3.05, 3.63) is 44.1 Å². The van der Waals surface area contributed by atoms with Crippen molar-refractivity contribution < 1.29 is 4.42 Å². The highest BCUT2D eigenvalue weighted by Gasteiger charge is 2.09. The van der Waals surface area contributed by atoms with Gasteiger partial charge in [0.05, 0.1) is 6.26 Å². The molecule has 3 heteroatoms. The molecule has 2 rings (SSSR count). The lowest BCUT2D eigenvalue weighted by Gasteiger charge is -2.06. The summed E-state index contributed by atoms with van der Waals surface area (Å²) >= 11 is 5.85. The Hall–Kier alpha value is -0.290. The maximum Gasteiger partial charge on any atom is 0.134 e. The quantitative estimate of drug-likeness (QED) is 0.674. The van der Waals surface area contributed by atoms with E-state index in [0.717, 1.165) is 15.8 Å². The van der Waals surface area contributed by atoms with Crippen molar-refractivity contribution in [1.82, 2.24) is 0 Å². The average Bonchev–Trinajstić information content (AvgIpc) is 2.67. The number of rotatable bonds is 1. The first-order chi connectivity index (χ1) is 6.70. The number of benzene rings is 1. The normalized spacial score (nSPS) is 10.5. The van der Waals surface area contributed by atoms with Gasteiger partial charge >= 0.3 is 0 Å². The van der Waals surface area contributed by atoms with Crippen LogP contribution in [0.25, 0.3) is 11.3 Å². The van der Waals surface area contributed by atoms with Crippen LogP contribution in [-0.2, 0) is 0 Å². The second kappa shape index (κ2) is 4.06. The molecule has 2 aromatic rings. The van der Waals surface area contributed by atoms with Crippen LogP contribution in [0.3, 0.4) is 0 Å². The van der Waals surface area contributed by atoms with E-state index >= 15 is 0 Å². The van der Waals surface area contributed by atoms with Crippen molar-refractivity contribution in [2.75, 3.05) is 0 Å². The van der Waals surface area contributed by atoms with Crippen LogP contribution in [-0.4, -0.2) is 0 Å². The highest BCUT2D eigenvalue weighted by molar-refractivity contribution is 14.1. The van der Waals surface area contributed by atoms with Crippen LogP contribution < -0.4 is 0 Å². The lowest BCUT2D eigenvalue weighted by Crippen LogP contribution is -1.86. The standard InChI is InChI=1S/C11H8BrIO/c1-7-9(12)5-4-8(11(7)13)10-3-2-6-14-10/h2-6H,1H3. The van der Waals surface area contributed by atoms with Gasteiger partial charge < -0.3 is 4.42 Å². The zero-order chi connectivity index (χ0) is 10.1. The van der Waals surface area contributed by atoms with Crippen molar-refractivity contribution in [2.45, 2.75) is 6.92 Å². The summed E-state index contributed by atoms with van der Waals surface area (Å²) < 4.78 is 7.74. The van der Waals surface area contributed by atoms with E-state index in [1.54, 1.807) is 6.26 Å². The van der Waals surface area contributed by atoms with Gasteiger partial charge in [0, 0.05) is 13.6 Å². The van der Waals surface area contributed by atoms with Gasteiger partial charge in [-0.3, -0.25) is 0 Å². The summed E-state index contributed by atoms with van der Waals surface area (Å²) in [5.41, 5.74) is 2.40. The maximum absolute atomic E-state index is 5.38. The van der Waals surface area contributed by atoms with Crippen molar-refractivity contribution in [3.63, 3.8) is 0 Å². The van der Waals surface area contributed by atoms with Crippen LogP contribution in [0.4, 0.5) is 0 Å². The Morgan fingerprint density at radius 1 is 1.29 bits per heavy atom. The third-order valence-electron chi connectivity index (χ3n) is 2.11. The number of hydrogen-bond donors (Lipinski definition) is 0. The van der Waals surface area contributed by atoms with Crippen molar-refractivity contribution in [1.29, 1.82) is 0 Å². The highest BCUT2D eigenvalue weighted by atomic mass is 127. The van der Waals surface area contributed by atoms with E-state index in [1.807, 2.05) is 12.1 Å². The largest absolute Gasteiger partial charge is 0.464 e. The molecule has 0 atom stereocenters. The van der Waals surface area contributed by atoms with Gasteiger partial charge in [-0.25, -0.2) is 0 Å².